The Labute approximate surface area is 217 Å². The standard InChI is InChI=1S/C26H26N4O6S/c1-15-22-21(16(2)31)25(32)29(22)23(26(33)36-14-17-6-8-18(9-7-17)30(34)35)24(15)37-12-10-19-13-27-20-5-3-4-11-28(19)20/h3-9,11,13,15-16,21-22,31H,10,12,14H2,1-2H3/t15-,16-,21-,22-/m1/s1. The first-order chi connectivity index (χ1) is 17.8. The summed E-state index contributed by atoms with van der Waals surface area (Å²) in [6.45, 7) is 3.47. The Morgan fingerprint density at radius 3 is 2.73 bits per heavy atom. The molecule has 0 radical (unpaired) electrons. The Morgan fingerprint density at radius 2 is 2.03 bits per heavy atom. The maximum atomic E-state index is 13.3. The van der Waals surface area contributed by atoms with Crippen molar-refractivity contribution in [1.82, 2.24) is 14.3 Å². The Hall–Kier alpha value is -3.70. The normalized spacial score (nSPS) is 21.6. The minimum absolute atomic E-state index is 0.0507. The van der Waals surface area contributed by atoms with Crippen LogP contribution in [0.4, 0.5) is 5.69 Å². The second-order valence-electron chi connectivity index (χ2n) is 9.24. The van der Waals surface area contributed by atoms with Gasteiger partial charge in [0.05, 0.1) is 23.0 Å². The Balaban J connectivity index is 1.34. The molecule has 37 heavy (non-hydrogen) atoms. The van der Waals surface area contributed by atoms with E-state index in [1.54, 1.807) is 6.92 Å². The summed E-state index contributed by atoms with van der Waals surface area (Å²) in [6.07, 6.45) is 3.67. The van der Waals surface area contributed by atoms with Crippen LogP contribution in [0.15, 0.2) is 65.5 Å². The van der Waals surface area contributed by atoms with Crippen molar-refractivity contribution >= 4 is 35.0 Å². The highest BCUT2D eigenvalue weighted by atomic mass is 32.2. The molecule has 0 saturated carbocycles. The number of fused-ring (bicyclic) bond motifs is 2. The van der Waals surface area contributed by atoms with E-state index in [4.69, 9.17) is 4.74 Å². The van der Waals surface area contributed by atoms with Crippen LogP contribution in [-0.4, -0.2) is 54.1 Å². The van der Waals surface area contributed by atoms with E-state index in [0.717, 1.165) is 16.2 Å². The highest BCUT2D eigenvalue weighted by Crippen LogP contribution is 2.50. The van der Waals surface area contributed by atoms with Crippen molar-refractivity contribution in [3.63, 3.8) is 0 Å². The molecule has 1 N–H and O–H groups in total. The number of nitro benzene ring substituents is 1. The van der Waals surface area contributed by atoms with Gasteiger partial charge in [-0.2, -0.15) is 0 Å². The van der Waals surface area contributed by atoms with Gasteiger partial charge in [-0.25, -0.2) is 9.78 Å². The maximum absolute atomic E-state index is 13.3. The third-order valence-corrected chi connectivity index (χ3v) is 8.21. The maximum Gasteiger partial charge on any atom is 0.356 e. The third kappa shape index (κ3) is 4.49. The first kappa shape index (κ1) is 25.0. The summed E-state index contributed by atoms with van der Waals surface area (Å²) in [7, 11) is 0. The molecule has 192 valence electrons. The van der Waals surface area contributed by atoms with Crippen LogP contribution >= 0.6 is 11.8 Å². The molecule has 1 aromatic carbocycles. The van der Waals surface area contributed by atoms with Crippen molar-refractivity contribution in [2.45, 2.75) is 39.0 Å². The van der Waals surface area contributed by atoms with E-state index in [9.17, 15) is 24.8 Å². The van der Waals surface area contributed by atoms with Gasteiger partial charge in [0.15, 0.2) is 0 Å². The third-order valence-electron chi connectivity index (χ3n) is 6.93. The first-order valence-corrected chi connectivity index (χ1v) is 13.0. The molecular weight excluding hydrogens is 496 g/mol. The van der Waals surface area contributed by atoms with Crippen LogP contribution in [0.1, 0.15) is 25.1 Å². The number of esters is 1. The van der Waals surface area contributed by atoms with Crippen LogP contribution in [-0.2, 0) is 27.4 Å². The number of thioether (sulfide) groups is 1. The molecule has 0 aliphatic carbocycles. The lowest BCUT2D eigenvalue weighted by atomic mass is 9.79. The van der Waals surface area contributed by atoms with Crippen LogP contribution in [0.5, 0.6) is 0 Å². The number of pyridine rings is 1. The summed E-state index contributed by atoms with van der Waals surface area (Å²) in [6, 6.07) is 11.3. The van der Waals surface area contributed by atoms with Crippen LogP contribution in [0.3, 0.4) is 0 Å². The van der Waals surface area contributed by atoms with E-state index < -0.39 is 22.9 Å². The molecule has 10 nitrogen and oxygen atoms in total. The number of amides is 1. The van der Waals surface area contributed by atoms with E-state index in [0.29, 0.717) is 17.7 Å². The summed E-state index contributed by atoms with van der Waals surface area (Å²) < 4.78 is 7.57. The quantitative estimate of drug-likeness (QED) is 0.196. The van der Waals surface area contributed by atoms with E-state index in [2.05, 4.69) is 4.98 Å². The molecule has 2 aromatic heterocycles. The Kier molecular flexibility index (Phi) is 6.74. The van der Waals surface area contributed by atoms with Crippen molar-refractivity contribution in [3.05, 3.63) is 86.8 Å². The van der Waals surface area contributed by atoms with Crippen molar-refractivity contribution in [3.8, 4) is 0 Å². The molecule has 2 aliphatic heterocycles. The zero-order valence-corrected chi connectivity index (χ0v) is 21.1. The van der Waals surface area contributed by atoms with Gasteiger partial charge in [0.1, 0.15) is 18.0 Å². The molecule has 4 heterocycles. The molecule has 1 saturated heterocycles. The van der Waals surface area contributed by atoms with Gasteiger partial charge in [0.25, 0.3) is 5.69 Å². The second kappa shape index (κ2) is 9.98. The average Bonchev–Trinajstić information content (AvgIpc) is 3.39. The summed E-state index contributed by atoms with van der Waals surface area (Å²) in [5.41, 5.74) is 2.68. The van der Waals surface area contributed by atoms with Crippen LogP contribution in [0.25, 0.3) is 5.65 Å². The van der Waals surface area contributed by atoms with Gasteiger partial charge in [-0.1, -0.05) is 13.0 Å². The summed E-state index contributed by atoms with van der Waals surface area (Å²) >= 11 is 1.51. The fourth-order valence-electron chi connectivity index (χ4n) is 5.07. The van der Waals surface area contributed by atoms with Crippen molar-refractivity contribution < 1.29 is 24.4 Å². The predicted octanol–water partition coefficient (Wildman–Crippen LogP) is 3.33. The average molecular weight is 523 g/mol. The minimum Gasteiger partial charge on any atom is -0.456 e. The number of aryl methyl sites for hydroxylation is 1. The van der Waals surface area contributed by atoms with Gasteiger partial charge in [-0.3, -0.25) is 14.9 Å². The molecule has 3 aromatic rings. The number of benzene rings is 1. The van der Waals surface area contributed by atoms with Gasteiger partial charge in [-0.05, 0) is 43.2 Å². The predicted molar refractivity (Wildman–Crippen MR) is 136 cm³/mol. The second-order valence-corrected chi connectivity index (χ2v) is 10.4. The molecule has 2 aliphatic rings. The number of hydrogen-bond acceptors (Lipinski definition) is 8. The topological polar surface area (TPSA) is 127 Å². The summed E-state index contributed by atoms with van der Waals surface area (Å²) in [5, 5.41) is 21.1. The highest BCUT2D eigenvalue weighted by Gasteiger charge is 2.60. The molecule has 5 rings (SSSR count). The van der Waals surface area contributed by atoms with E-state index in [-0.39, 0.29) is 35.9 Å². The zero-order valence-electron chi connectivity index (χ0n) is 20.3. The van der Waals surface area contributed by atoms with E-state index >= 15 is 0 Å². The number of aromatic nitrogens is 2. The van der Waals surface area contributed by atoms with Gasteiger partial charge in [0.2, 0.25) is 5.91 Å². The highest BCUT2D eigenvalue weighted by molar-refractivity contribution is 8.03. The van der Waals surface area contributed by atoms with Crippen molar-refractivity contribution in [2.75, 3.05) is 5.75 Å². The Morgan fingerprint density at radius 1 is 1.27 bits per heavy atom. The number of aliphatic hydroxyl groups is 1. The number of hydrogen-bond donors (Lipinski definition) is 1. The molecule has 1 fully saturated rings. The fourth-order valence-corrected chi connectivity index (χ4v) is 6.32. The monoisotopic (exact) mass is 522 g/mol. The molecule has 0 unspecified atom stereocenters. The molecule has 1 amide bonds. The summed E-state index contributed by atoms with van der Waals surface area (Å²) in [4.78, 5) is 43.2. The van der Waals surface area contributed by atoms with E-state index in [1.807, 2.05) is 41.9 Å². The first-order valence-electron chi connectivity index (χ1n) is 12.0. The number of ether oxygens (including phenoxy) is 1. The number of non-ortho nitro benzene ring substituents is 1. The smallest absolute Gasteiger partial charge is 0.356 e. The van der Waals surface area contributed by atoms with Crippen LogP contribution < -0.4 is 0 Å². The fraction of sp³-hybridized carbons (Fsp3) is 0.346. The SMILES string of the molecule is C[C@@H](O)[C@H]1C(=O)N2C(C(=O)OCc3ccc([N+](=O)[O-])cc3)=C(SCCc3cnc4ccccn34)[C@H](C)[C@H]12. The number of carbonyl (C=O) groups is 2. The molecular formula is C26H26N4O6S. The van der Waals surface area contributed by atoms with Crippen LogP contribution in [0.2, 0.25) is 0 Å². The van der Waals surface area contributed by atoms with Gasteiger partial charge in [-0.15, -0.1) is 11.8 Å². The lowest BCUT2D eigenvalue weighted by Gasteiger charge is -2.46. The lowest BCUT2D eigenvalue weighted by Crippen LogP contribution is -2.63. The number of β-lactam (4-membered cyclic amide) rings is 1. The number of nitro groups is 1. The number of nitrogens with zero attached hydrogens (tertiary/aromatic N) is 4. The van der Waals surface area contributed by atoms with Crippen LogP contribution in [0, 0.1) is 22.0 Å². The Bertz CT molecular complexity index is 1400. The molecule has 0 spiro atoms. The lowest BCUT2D eigenvalue weighted by molar-refractivity contribution is -0.384. The van der Waals surface area contributed by atoms with Crippen molar-refractivity contribution in [1.29, 1.82) is 0 Å². The molecule has 11 heteroatoms. The number of imidazole rings is 1. The number of aliphatic hydroxyl groups excluding tert-OH is 1. The largest absolute Gasteiger partial charge is 0.456 e. The van der Waals surface area contributed by atoms with Crippen molar-refractivity contribution in [2.24, 2.45) is 11.8 Å². The van der Waals surface area contributed by atoms with Gasteiger partial charge in [0, 0.05) is 46.8 Å². The molecule has 0 bridgehead atoms. The van der Waals surface area contributed by atoms with Gasteiger partial charge < -0.3 is 19.1 Å². The zero-order chi connectivity index (χ0) is 26.3. The van der Waals surface area contributed by atoms with E-state index in [1.165, 1.54) is 40.9 Å². The van der Waals surface area contributed by atoms with Gasteiger partial charge >= 0.3 is 5.97 Å². The number of carbonyl (C=O) groups excluding carboxylic acids is 2. The minimum atomic E-state index is -0.823. The summed E-state index contributed by atoms with van der Waals surface area (Å²) in [5.74, 6) is -0.944. The molecule has 4 atom stereocenters. The number of rotatable bonds is 9.